The van der Waals surface area contributed by atoms with Crippen LogP contribution in [0.1, 0.15) is 32.6 Å². The second-order valence-electron chi connectivity index (χ2n) is 2.71. The van der Waals surface area contributed by atoms with Gasteiger partial charge in [-0.05, 0) is 11.5 Å². The van der Waals surface area contributed by atoms with Crippen LogP contribution in [-0.4, -0.2) is 10.2 Å². The van der Waals surface area contributed by atoms with Crippen molar-refractivity contribution >= 4 is 10.2 Å². The van der Waals surface area contributed by atoms with Gasteiger partial charge >= 0.3 is 0 Å². The molecule has 0 aromatic carbocycles. The fourth-order valence-corrected chi connectivity index (χ4v) is 2.13. The smallest absolute Gasteiger partial charge is 0.0270 e. The molecule has 8 heavy (non-hydrogen) atoms. The summed E-state index contributed by atoms with van der Waals surface area (Å²) in [6, 6.07) is 0. The molecule has 1 aliphatic carbocycles. The van der Waals surface area contributed by atoms with Gasteiger partial charge in [0.25, 0.3) is 0 Å². The van der Waals surface area contributed by atoms with Crippen molar-refractivity contribution in [1.82, 2.24) is 0 Å². The predicted octanol–water partition coefficient (Wildman–Crippen LogP) is 2.15. The quantitative estimate of drug-likeness (QED) is 0.471. The molecule has 1 saturated carbocycles. The summed E-state index contributed by atoms with van der Waals surface area (Å²) in [5, 5.41) is 0. The van der Waals surface area contributed by atoms with Crippen molar-refractivity contribution in [1.29, 1.82) is 0 Å². The maximum atomic E-state index is 3.71. The maximum absolute atomic E-state index is 3.71. The van der Waals surface area contributed by atoms with Crippen molar-refractivity contribution in [3.05, 3.63) is 0 Å². The summed E-state index contributed by atoms with van der Waals surface area (Å²) in [6.07, 6.45) is 5.64. The number of hydrogen-bond acceptors (Lipinski definition) is 0. The molecule has 1 heteroatoms. The molecule has 0 heterocycles. The molecule has 0 N–H and O–H groups in total. The van der Waals surface area contributed by atoms with Crippen LogP contribution >= 0.6 is 0 Å². The molecular formula is C7H13Si. The summed E-state index contributed by atoms with van der Waals surface area (Å²) in [5.74, 6) is 0.978. The van der Waals surface area contributed by atoms with Gasteiger partial charge in [-0.2, -0.15) is 0 Å². The summed E-state index contributed by atoms with van der Waals surface area (Å²) in [4.78, 5) is 0. The molecule has 2 unspecified atom stereocenters. The lowest BCUT2D eigenvalue weighted by Crippen LogP contribution is -1.98. The molecule has 2 atom stereocenters. The molecule has 1 aliphatic rings. The highest BCUT2D eigenvalue weighted by Gasteiger charge is 2.20. The molecule has 0 aromatic heterocycles. The molecular weight excluding hydrogens is 112 g/mol. The van der Waals surface area contributed by atoms with E-state index in [9.17, 15) is 0 Å². The third-order valence-electron chi connectivity index (χ3n) is 2.18. The van der Waals surface area contributed by atoms with Crippen molar-refractivity contribution in [2.75, 3.05) is 0 Å². The molecule has 0 amide bonds. The topological polar surface area (TPSA) is 0 Å². The summed E-state index contributed by atoms with van der Waals surface area (Å²) >= 11 is 0. The van der Waals surface area contributed by atoms with Crippen molar-refractivity contribution in [3.63, 3.8) is 0 Å². The zero-order chi connectivity index (χ0) is 5.98. The molecule has 1 rings (SSSR count). The Hall–Kier alpha value is 0.217. The molecule has 0 aliphatic heterocycles. The van der Waals surface area contributed by atoms with Gasteiger partial charge in [0.05, 0.1) is 0 Å². The predicted molar refractivity (Wildman–Crippen MR) is 37.1 cm³/mol. The average Bonchev–Trinajstić information content (AvgIpc) is 2.14. The summed E-state index contributed by atoms with van der Waals surface area (Å²) in [5.41, 5.74) is 0.833. The minimum atomic E-state index is 0.833. The first kappa shape index (κ1) is 6.34. The van der Waals surface area contributed by atoms with Gasteiger partial charge < -0.3 is 0 Å². The summed E-state index contributed by atoms with van der Waals surface area (Å²) in [6.45, 7) is 2.28. The minimum absolute atomic E-state index is 0.833. The zero-order valence-electron chi connectivity index (χ0n) is 5.48. The van der Waals surface area contributed by atoms with E-state index >= 15 is 0 Å². The molecule has 0 nitrogen and oxygen atoms in total. The van der Waals surface area contributed by atoms with Gasteiger partial charge in [-0.25, -0.2) is 0 Å². The van der Waals surface area contributed by atoms with E-state index in [2.05, 4.69) is 17.2 Å². The van der Waals surface area contributed by atoms with E-state index in [0.29, 0.717) is 0 Å². The SMILES string of the molecule is CCC1CCCC1[Si]. The van der Waals surface area contributed by atoms with Crippen LogP contribution in [0.4, 0.5) is 0 Å². The lowest BCUT2D eigenvalue weighted by atomic mass is 10.1. The molecule has 0 saturated heterocycles. The third kappa shape index (κ3) is 1.13. The largest absolute Gasteiger partial charge is 0.0651 e. The summed E-state index contributed by atoms with van der Waals surface area (Å²) < 4.78 is 0. The lowest BCUT2D eigenvalue weighted by Gasteiger charge is -2.10. The first-order valence-corrected chi connectivity index (χ1v) is 4.13. The maximum Gasteiger partial charge on any atom is 0.0270 e. The summed E-state index contributed by atoms with van der Waals surface area (Å²) in [7, 11) is 3.71. The Morgan fingerprint density at radius 1 is 1.50 bits per heavy atom. The Morgan fingerprint density at radius 2 is 2.25 bits per heavy atom. The van der Waals surface area contributed by atoms with Gasteiger partial charge in [-0.1, -0.05) is 32.6 Å². The first-order valence-electron chi connectivity index (χ1n) is 3.55. The third-order valence-corrected chi connectivity index (χ3v) is 2.94. The van der Waals surface area contributed by atoms with Crippen LogP contribution in [0.15, 0.2) is 0 Å². The molecule has 0 bridgehead atoms. The molecule has 45 valence electrons. The standard InChI is InChI=1S/C7H13Si/c1-2-6-4-3-5-7(6)8/h6-7H,2-5H2,1H3. The second-order valence-corrected chi connectivity index (χ2v) is 3.45. The van der Waals surface area contributed by atoms with E-state index in [1.165, 1.54) is 25.7 Å². The van der Waals surface area contributed by atoms with E-state index in [1.807, 2.05) is 0 Å². The van der Waals surface area contributed by atoms with Crippen LogP contribution in [0.2, 0.25) is 5.54 Å². The van der Waals surface area contributed by atoms with E-state index in [0.717, 1.165) is 11.5 Å². The number of rotatable bonds is 1. The van der Waals surface area contributed by atoms with Crippen LogP contribution in [-0.2, 0) is 0 Å². The van der Waals surface area contributed by atoms with Crippen LogP contribution in [0.3, 0.4) is 0 Å². The van der Waals surface area contributed by atoms with Gasteiger partial charge in [-0.15, -0.1) is 0 Å². The minimum Gasteiger partial charge on any atom is -0.0651 e. The van der Waals surface area contributed by atoms with Crippen LogP contribution in [0.5, 0.6) is 0 Å². The van der Waals surface area contributed by atoms with Crippen LogP contribution in [0.25, 0.3) is 0 Å². The van der Waals surface area contributed by atoms with E-state index in [1.54, 1.807) is 0 Å². The van der Waals surface area contributed by atoms with Crippen LogP contribution in [0, 0.1) is 5.92 Å². The average molecular weight is 125 g/mol. The zero-order valence-corrected chi connectivity index (χ0v) is 6.48. The Balaban J connectivity index is 2.30. The molecule has 0 aromatic rings. The van der Waals surface area contributed by atoms with Crippen molar-refractivity contribution in [3.8, 4) is 0 Å². The van der Waals surface area contributed by atoms with Gasteiger partial charge in [0.15, 0.2) is 0 Å². The molecule has 3 radical (unpaired) electrons. The first-order chi connectivity index (χ1) is 3.84. The second kappa shape index (κ2) is 2.67. The number of hydrogen-bond donors (Lipinski definition) is 0. The van der Waals surface area contributed by atoms with Crippen molar-refractivity contribution < 1.29 is 0 Å². The Bertz CT molecular complexity index is 70.8. The highest BCUT2D eigenvalue weighted by molar-refractivity contribution is 6.11. The van der Waals surface area contributed by atoms with E-state index in [-0.39, 0.29) is 0 Å². The highest BCUT2D eigenvalue weighted by Crippen LogP contribution is 2.35. The molecule has 1 fully saturated rings. The fourth-order valence-electron chi connectivity index (χ4n) is 1.53. The highest BCUT2D eigenvalue weighted by atomic mass is 28.1. The van der Waals surface area contributed by atoms with Gasteiger partial charge in [-0.3, -0.25) is 0 Å². The van der Waals surface area contributed by atoms with Gasteiger partial charge in [0, 0.05) is 10.2 Å². The van der Waals surface area contributed by atoms with Gasteiger partial charge in [0.2, 0.25) is 0 Å². The van der Waals surface area contributed by atoms with E-state index in [4.69, 9.17) is 0 Å². The van der Waals surface area contributed by atoms with Crippen molar-refractivity contribution in [2.24, 2.45) is 5.92 Å². The van der Waals surface area contributed by atoms with Gasteiger partial charge in [0.1, 0.15) is 0 Å². The van der Waals surface area contributed by atoms with E-state index < -0.39 is 0 Å². The Labute approximate surface area is 55.1 Å². The Morgan fingerprint density at radius 3 is 2.50 bits per heavy atom. The lowest BCUT2D eigenvalue weighted by molar-refractivity contribution is 0.530. The van der Waals surface area contributed by atoms with Crippen molar-refractivity contribution in [2.45, 2.75) is 38.1 Å². The monoisotopic (exact) mass is 125 g/mol. The van der Waals surface area contributed by atoms with Crippen LogP contribution < -0.4 is 0 Å². The normalized spacial score (nSPS) is 38.2. The Kier molecular flexibility index (Phi) is 2.12. The molecule has 0 spiro atoms. The fraction of sp³-hybridized carbons (Fsp3) is 1.00.